The third-order valence-electron chi connectivity index (χ3n) is 3.10. The number of hydrogen-bond donors (Lipinski definition) is 2. The van der Waals surface area contributed by atoms with Crippen molar-refractivity contribution in [3.05, 3.63) is 57.9 Å². The van der Waals surface area contributed by atoms with Gasteiger partial charge in [0.25, 0.3) is 5.91 Å². The van der Waals surface area contributed by atoms with E-state index >= 15 is 0 Å². The Hall–Kier alpha value is -2.54. The van der Waals surface area contributed by atoms with Crippen LogP contribution in [0.4, 0.5) is 45.6 Å². The van der Waals surface area contributed by atoms with Gasteiger partial charge in [0.15, 0.2) is 23.3 Å². The fourth-order valence-electron chi connectivity index (χ4n) is 1.95. The minimum Gasteiger partial charge on any atom is -0.302 e. The summed E-state index contributed by atoms with van der Waals surface area (Å²) in [5.74, 6) is -12.2. The molecule has 0 fully saturated rings. The molecular weight excluding hydrogens is 460 g/mol. The molecule has 0 aliphatic heterocycles. The average molecular weight is 465 g/mol. The average Bonchev–Trinajstić information content (AvgIpc) is 2.60. The second kappa shape index (κ2) is 8.45. The van der Waals surface area contributed by atoms with E-state index in [9.17, 15) is 44.7 Å². The molecule has 0 spiro atoms. The van der Waals surface area contributed by atoms with Crippen LogP contribution in [0, 0.1) is 29.1 Å². The Bertz CT molecular complexity index is 950. The quantitative estimate of drug-likeness (QED) is 0.353. The second-order valence-electron chi connectivity index (χ2n) is 5.01. The molecule has 0 heterocycles. The number of alkyl halides is 3. The second-order valence-corrected chi connectivity index (χ2v) is 6.50. The van der Waals surface area contributed by atoms with E-state index in [0.29, 0.717) is 0 Å². The summed E-state index contributed by atoms with van der Waals surface area (Å²) in [6.07, 6.45) is 0. The lowest BCUT2D eigenvalue weighted by Crippen LogP contribution is -2.35. The summed E-state index contributed by atoms with van der Waals surface area (Å²) in [5, 5.41) is 2.20. The molecule has 0 bridgehead atoms. The summed E-state index contributed by atoms with van der Waals surface area (Å²) >= 11 is 4.14. The van der Waals surface area contributed by atoms with Gasteiger partial charge in [0.2, 0.25) is 0 Å². The highest BCUT2D eigenvalue weighted by molar-refractivity contribution is 8.00. The zero-order chi connectivity index (χ0) is 22.1. The number of halogens is 9. The smallest absolute Gasteiger partial charge is 0.302 e. The van der Waals surface area contributed by atoms with Crippen molar-refractivity contribution >= 4 is 41.0 Å². The van der Waals surface area contributed by atoms with E-state index in [2.05, 4.69) is 0 Å². The van der Waals surface area contributed by atoms with Gasteiger partial charge in [-0.25, -0.2) is 26.7 Å². The third kappa shape index (κ3) is 5.09. The predicted octanol–water partition coefficient (Wildman–Crippen LogP) is 5.61. The molecule has 2 N–H and O–H groups in total. The first-order valence-electron chi connectivity index (χ1n) is 7.01. The number of urea groups is 1. The number of amides is 3. The van der Waals surface area contributed by atoms with Crippen LogP contribution in [0.1, 0.15) is 10.4 Å². The van der Waals surface area contributed by atoms with Crippen molar-refractivity contribution in [3.8, 4) is 0 Å². The van der Waals surface area contributed by atoms with Crippen LogP contribution in [-0.4, -0.2) is 17.4 Å². The van der Waals surface area contributed by atoms with Gasteiger partial charge >= 0.3 is 11.5 Å². The minimum atomic E-state index is -5.27. The van der Waals surface area contributed by atoms with Crippen LogP contribution in [0.15, 0.2) is 23.1 Å². The lowest BCUT2D eigenvalue weighted by Gasteiger charge is -2.14. The molecule has 29 heavy (non-hydrogen) atoms. The molecule has 0 aliphatic rings. The van der Waals surface area contributed by atoms with Gasteiger partial charge in [-0.05, 0) is 23.9 Å². The summed E-state index contributed by atoms with van der Waals surface area (Å²) in [6.45, 7) is 0. The highest BCUT2D eigenvalue weighted by Gasteiger charge is 2.36. The molecule has 2 rings (SSSR count). The van der Waals surface area contributed by atoms with E-state index in [4.69, 9.17) is 11.6 Å². The first-order chi connectivity index (χ1) is 13.3. The Morgan fingerprint density at radius 1 is 0.931 bits per heavy atom. The maximum absolute atomic E-state index is 13.9. The molecule has 14 heteroatoms. The van der Waals surface area contributed by atoms with Crippen LogP contribution in [0.25, 0.3) is 0 Å². The Morgan fingerprint density at radius 2 is 1.48 bits per heavy atom. The summed E-state index contributed by atoms with van der Waals surface area (Å²) in [5.41, 5.74) is -7.89. The number of imide groups is 1. The molecule has 4 nitrogen and oxygen atoms in total. The van der Waals surface area contributed by atoms with Crippen LogP contribution in [0.5, 0.6) is 0 Å². The highest BCUT2D eigenvalue weighted by atomic mass is 35.5. The molecule has 0 radical (unpaired) electrons. The summed E-state index contributed by atoms with van der Waals surface area (Å²) in [7, 11) is 0. The van der Waals surface area contributed by atoms with Crippen molar-refractivity contribution in [2.75, 3.05) is 5.32 Å². The van der Waals surface area contributed by atoms with Crippen LogP contribution >= 0.6 is 23.4 Å². The van der Waals surface area contributed by atoms with Gasteiger partial charge in [0.05, 0.1) is 15.5 Å². The summed E-state index contributed by atoms with van der Waals surface area (Å²) in [4.78, 5) is 21.5. The van der Waals surface area contributed by atoms with E-state index in [1.807, 2.05) is 0 Å². The van der Waals surface area contributed by atoms with Gasteiger partial charge in [-0.15, -0.1) is 0 Å². The van der Waals surface area contributed by atoms with E-state index in [1.165, 1.54) is 10.6 Å². The van der Waals surface area contributed by atoms with Crippen LogP contribution < -0.4 is 10.6 Å². The van der Waals surface area contributed by atoms with Crippen molar-refractivity contribution in [2.24, 2.45) is 0 Å². The lowest BCUT2D eigenvalue weighted by molar-refractivity contribution is -0.0331. The number of carbonyl (C=O) groups excluding carboxylic acids is 2. The van der Waals surface area contributed by atoms with Crippen molar-refractivity contribution in [1.82, 2.24) is 5.32 Å². The van der Waals surface area contributed by atoms with Crippen LogP contribution in [-0.2, 0) is 0 Å². The molecule has 0 saturated heterocycles. The van der Waals surface area contributed by atoms with Gasteiger partial charge < -0.3 is 5.32 Å². The fourth-order valence-corrected chi connectivity index (χ4v) is 2.79. The SMILES string of the molecule is O=C(NC(=O)c1c(F)cccc1Cl)Nc1c(F)c(F)c(SC(F)(F)F)c(F)c1F. The molecule has 2 aromatic rings. The molecule has 156 valence electrons. The van der Waals surface area contributed by atoms with Crippen LogP contribution in [0.3, 0.4) is 0 Å². The van der Waals surface area contributed by atoms with Gasteiger partial charge in [-0.2, -0.15) is 13.2 Å². The van der Waals surface area contributed by atoms with Gasteiger partial charge in [-0.3, -0.25) is 10.1 Å². The number of anilines is 1. The number of benzene rings is 2. The number of nitrogens with one attached hydrogen (secondary N) is 2. The Morgan fingerprint density at radius 3 is 1.97 bits per heavy atom. The highest BCUT2D eigenvalue weighted by Crippen LogP contribution is 2.42. The summed E-state index contributed by atoms with van der Waals surface area (Å²) < 4.78 is 106. The van der Waals surface area contributed by atoms with E-state index in [1.54, 1.807) is 0 Å². The van der Waals surface area contributed by atoms with Crippen molar-refractivity contribution in [3.63, 3.8) is 0 Å². The number of thioether (sulfide) groups is 1. The van der Waals surface area contributed by atoms with E-state index in [0.717, 1.165) is 18.2 Å². The zero-order valence-electron chi connectivity index (χ0n) is 13.4. The Kier molecular flexibility index (Phi) is 6.63. The van der Waals surface area contributed by atoms with Crippen LogP contribution in [0.2, 0.25) is 5.02 Å². The first-order valence-corrected chi connectivity index (χ1v) is 8.21. The van der Waals surface area contributed by atoms with Gasteiger partial charge in [0.1, 0.15) is 11.5 Å². The van der Waals surface area contributed by atoms with E-state index < -0.39 is 79.5 Å². The van der Waals surface area contributed by atoms with Gasteiger partial charge in [0, 0.05) is 0 Å². The molecule has 0 saturated carbocycles. The number of carbonyl (C=O) groups is 2. The maximum Gasteiger partial charge on any atom is 0.446 e. The molecule has 0 aliphatic carbocycles. The molecular formula is C15H5ClF8N2O2S. The Labute approximate surface area is 165 Å². The first kappa shape index (κ1) is 22.7. The molecule has 2 aromatic carbocycles. The largest absolute Gasteiger partial charge is 0.446 e. The maximum atomic E-state index is 13.9. The minimum absolute atomic E-state index is 0.432. The predicted molar refractivity (Wildman–Crippen MR) is 86.1 cm³/mol. The summed E-state index contributed by atoms with van der Waals surface area (Å²) in [6, 6.07) is 1.24. The molecule has 0 aromatic heterocycles. The lowest BCUT2D eigenvalue weighted by atomic mass is 10.2. The van der Waals surface area contributed by atoms with Crippen molar-refractivity contribution in [1.29, 1.82) is 0 Å². The molecule has 0 unspecified atom stereocenters. The number of rotatable bonds is 3. The number of hydrogen-bond acceptors (Lipinski definition) is 3. The third-order valence-corrected chi connectivity index (χ3v) is 4.21. The van der Waals surface area contributed by atoms with Crippen molar-refractivity contribution < 1.29 is 44.7 Å². The normalized spacial score (nSPS) is 11.3. The Balaban J connectivity index is 2.30. The standard InChI is InChI=1S/C15H5ClF8N2O2S/c16-4-2-1-3-5(17)6(4)13(27)26-14(28)25-11-7(18)9(20)12(10(21)8(11)19)29-15(22,23)24/h1-3H,(H2,25,26,27,28). The molecule has 0 atom stereocenters. The van der Waals surface area contributed by atoms with Crippen molar-refractivity contribution in [2.45, 2.75) is 10.4 Å². The monoisotopic (exact) mass is 464 g/mol. The molecule has 3 amide bonds. The fraction of sp³-hybridized carbons (Fsp3) is 0.0667. The topological polar surface area (TPSA) is 58.2 Å². The van der Waals surface area contributed by atoms with Gasteiger partial charge in [-0.1, -0.05) is 17.7 Å². The van der Waals surface area contributed by atoms with E-state index in [-0.39, 0.29) is 0 Å². The zero-order valence-corrected chi connectivity index (χ0v) is 14.9.